The van der Waals surface area contributed by atoms with E-state index in [2.05, 4.69) is 20.3 Å². The summed E-state index contributed by atoms with van der Waals surface area (Å²) in [6, 6.07) is 3.54. The van der Waals surface area contributed by atoms with Crippen molar-refractivity contribution in [3.63, 3.8) is 0 Å². The number of carbonyl (C=O) groups is 1. The molecule has 1 aliphatic heterocycles. The predicted octanol–water partition coefficient (Wildman–Crippen LogP) is 1.73. The molecule has 1 unspecified atom stereocenters. The number of benzene rings is 1. The van der Waals surface area contributed by atoms with Crippen LogP contribution in [-0.4, -0.2) is 57.4 Å². The minimum Gasteiger partial charge on any atom is -0.435 e. The van der Waals surface area contributed by atoms with Crippen molar-refractivity contribution in [1.29, 1.82) is 0 Å². The Bertz CT molecular complexity index is 1110. The summed E-state index contributed by atoms with van der Waals surface area (Å²) >= 11 is 0. The first-order valence-electron chi connectivity index (χ1n) is 10.4. The smallest absolute Gasteiger partial charge is 0.237 e. The van der Waals surface area contributed by atoms with E-state index in [0.717, 1.165) is 5.56 Å². The maximum atomic E-state index is 14.7. The van der Waals surface area contributed by atoms with Crippen LogP contribution in [0.1, 0.15) is 24.0 Å². The summed E-state index contributed by atoms with van der Waals surface area (Å²) in [4.78, 5) is 23.8. The Kier molecular flexibility index (Phi) is 6.35. The van der Waals surface area contributed by atoms with E-state index >= 15 is 0 Å². The van der Waals surface area contributed by atoms with Crippen LogP contribution in [0.25, 0.3) is 11.0 Å². The number of aromatic amines is 1. The molecule has 0 aliphatic carbocycles. The van der Waals surface area contributed by atoms with Crippen LogP contribution in [0.15, 0.2) is 30.7 Å². The molecular weight excluding hydrogens is 417 g/mol. The lowest BCUT2D eigenvalue weighted by molar-refractivity contribution is -0.126. The van der Waals surface area contributed by atoms with Crippen LogP contribution in [0.5, 0.6) is 11.6 Å². The normalized spacial score (nSPS) is 16.6. The van der Waals surface area contributed by atoms with Crippen molar-refractivity contribution >= 4 is 16.9 Å². The van der Waals surface area contributed by atoms with Crippen LogP contribution >= 0.6 is 0 Å². The number of ether oxygens (including phenoxy) is 2. The third kappa shape index (κ3) is 4.57. The number of nitrogens with one attached hydrogen (secondary N) is 2. The zero-order chi connectivity index (χ0) is 22.7. The fourth-order valence-electron chi connectivity index (χ4n) is 3.80. The molecule has 170 valence electrons. The van der Waals surface area contributed by atoms with E-state index in [9.17, 15) is 14.3 Å². The zero-order valence-corrected chi connectivity index (χ0v) is 17.7. The van der Waals surface area contributed by atoms with Crippen molar-refractivity contribution in [2.45, 2.75) is 37.8 Å². The first kappa shape index (κ1) is 22.1. The van der Waals surface area contributed by atoms with E-state index in [1.807, 2.05) is 6.92 Å². The van der Waals surface area contributed by atoms with Gasteiger partial charge in [0.2, 0.25) is 11.8 Å². The minimum atomic E-state index is -0.892. The molecular formula is C22H26FN5O4. The molecule has 4 rings (SSSR count). The number of nitrogens with two attached hydrogens (primary N) is 1. The number of halogens is 1. The monoisotopic (exact) mass is 443 g/mol. The first-order chi connectivity index (χ1) is 15.4. The average Bonchev–Trinajstić information content (AvgIpc) is 3.18. The summed E-state index contributed by atoms with van der Waals surface area (Å²) in [5.74, 6) is -0.727. The Morgan fingerprint density at radius 3 is 2.91 bits per heavy atom. The number of carbonyl (C=O) groups excluding carboxylic acids is 1. The third-order valence-electron chi connectivity index (χ3n) is 5.77. The highest BCUT2D eigenvalue weighted by Crippen LogP contribution is 2.30. The largest absolute Gasteiger partial charge is 0.435 e. The molecule has 1 aromatic carbocycles. The number of aryl methyl sites for hydroxylation is 1. The van der Waals surface area contributed by atoms with Crippen LogP contribution in [0.2, 0.25) is 0 Å². The van der Waals surface area contributed by atoms with Crippen molar-refractivity contribution in [3.8, 4) is 11.6 Å². The lowest BCUT2D eigenvalue weighted by Crippen LogP contribution is -2.58. The van der Waals surface area contributed by atoms with E-state index in [0.29, 0.717) is 42.7 Å². The van der Waals surface area contributed by atoms with Crippen LogP contribution in [0, 0.1) is 12.7 Å². The van der Waals surface area contributed by atoms with Gasteiger partial charge in [-0.2, -0.15) is 0 Å². The molecule has 0 saturated carbocycles. The molecule has 0 bridgehead atoms. The third-order valence-corrected chi connectivity index (χ3v) is 5.77. The maximum absolute atomic E-state index is 14.7. The van der Waals surface area contributed by atoms with Gasteiger partial charge in [-0.05, 0) is 49.4 Å². The van der Waals surface area contributed by atoms with Crippen molar-refractivity contribution < 1.29 is 23.8 Å². The van der Waals surface area contributed by atoms with E-state index in [1.165, 1.54) is 18.5 Å². The molecule has 1 saturated heterocycles. The number of rotatable bonds is 7. The topological polar surface area (TPSA) is 135 Å². The number of hydrogen-bond acceptors (Lipinski definition) is 7. The predicted molar refractivity (Wildman–Crippen MR) is 115 cm³/mol. The summed E-state index contributed by atoms with van der Waals surface area (Å²) in [6.45, 7) is 2.61. The quantitative estimate of drug-likeness (QED) is 0.437. The highest BCUT2D eigenvalue weighted by molar-refractivity contribution is 5.84. The molecule has 1 atom stereocenters. The molecule has 5 N–H and O–H groups in total. The number of hydrogen-bond donors (Lipinski definition) is 4. The summed E-state index contributed by atoms with van der Waals surface area (Å²) in [6.07, 6.45) is 4.28. The van der Waals surface area contributed by atoms with E-state index in [-0.39, 0.29) is 24.7 Å². The second-order valence-electron chi connectivity index (χ2n) is 8.09. The number of aromatic nitrogens is 3. The Morgan fingerprint density at radius 2 is 2.19 bits per heavy atom. The van der Waals surface area contributed by atoms with Gasteiger partial charge in [-0.1, -0.05) is 6.07 Å². The minimum absolute atomic E-state index is 0.00816. The first-order valence-corrected chi connectivity index (χ1v) is 10.4. The van der Waals surface area contributed by atoms with E-state index < -0.39 is 23.3 Å². The van der Waals surface area contributed by atoms with Crippen molar-refractivity contribution in [2.75, 3.05) is 19.8 Å². The van der Waals surface area contributed by atoms with Gasteiger partial charge in [0.25, 0.3) is 0 Å². The van der Waals surface area contributed by atoms with Gasteiger partial charge in [0.05, 0.1) is 23.6 Å². The molecule has 10 heteroatoms. The van der Waals surface area contributed by atoms with Gasteiger partial charge in [-0.3, -0.25) is 4.79 Å². The number of amides is 1. The van der Waals surface area contributed by atoms with Gasteiger partial charge in [-0.25, -0.2) is 14.4 Å². The van der Waals surface area contributed by atoms with Crippen LogP contribution in [0.3, 0.4) is 0 Å². The second kappa shape index (κ2) is 9.19. The molecule has 1 amide bonds. The number of aliphatic hydroxyl groups excluding tert-OH is 1. The molecule has 0 spiro atoms. The number of aliphatic hydroxyl groups is 1. The average molecular weight is 443 g/mol. The van der Waals surface area contributed by atoms with Crippen molar-refractivity contribution in [1.82, 2.24) is 20.3 Å². The highest BCUT2D eigenvalue weighted by Gasteiger charge is 2.34. The number of H-pyrrole nitrogens is 1. The van der Waals surface area contributed by atoms with Crippen molar-refractivity contribution in [2.24, 2.45) is 5.73 Å². The molecule has 3 aromatic rings. The van der Waals surface area contributed by atoms with Gasteiger partial charge in [-0.15, -0.1) is 0 Å². The van der Waals surface area contributed by atoms with Crippen molar-refractivity contribution in [3.05, 3.63) is 47.7 Å². The summed E-state index contributed by atoms with van der Waals surface area (Å²) in [7, 11) is 0. The summed E-state index contributed by atoms with van der Waals surface area (Å²) in [5, 5.41) is 13.3. The number of nitrogens with zero attached hydrogens (tertiary/aromatic N) is 2. The Balaban J connectivity index is 1.44. The maximum Gasteiger partial charge on any atom is 0.237 e. The highest BCUT2D eigenvalue weighted by atomic mass is 19.1. The van der Waals surface area contributed by atoms with Crippen LogP contribution in [0.4, 0.5) is 4.39 Å². The molecule has 9 nitrogen and oxygen atoms in total. The van der Waals surface area contributed by atoms with E-state index in [4.69, 9.17) is 15.2 Å². The molecule has 32 heavy (non-hydrogen) atoms. The Labute approximate surface area is 184 Å². The lowest BCUT2D eigenvalue weighted by atomic mass is 9.90. The summed E-state index contributed by atoms with van der Waals surface area (Å²) < 4.78 is 25.7. The van der Waals surface area contributed by atoms with Crippen LogP contribution < -0.4 is 15.8 Å². The molecule has 2 aromatic heterocycles. The SMILES string of the molecule is Cc1c[nH]c2ncnc(Oc3ccc(CC(N)C(=O)NC4(CO)CCOCC4)cc3F)c12. The standard InChI is InChI=1S/C22H26FN5O4/c1-13-10-25-19-18(13)21(27-12-26-19)32-17-3-2-14(8-15(17)23)9-16(24)20(30)28-22(11-29)4-6-31-7-5-22/h2-3,8,10,12,16,29H,4-7,9,11,24H2,1H3,(H,28,30)(H,25,26,27). The van der Waals surface area contributed by atoms with Gasteiger partial charge >= 0.3 is 0 Å². The van der Waals surface area contributed by atoms with E-state index in [1.54, 1.807) is 12.3 Å². The summed E-state index contributed by atoms with van der Waals surface area (Å²) in [5.41, 5.74) is 7.37. The zero-order valence-electron chi connectivity index (χ0n) is 17.7. The molecule has 3 heterocycles. The Morgan fingerprint density at radius 1 is 1.41 bits per heavy atom. The Hall–Kier alpha value is -3.08. The van der Waals surface area contributed by atoms with Gasteiger partial charge in [0.15, 0.2) is 11.6 Å². The molecule has 1 aliphatic rings. The lowest BCUT2D eigenvalue weighted by Gasteiger charge is -2.37. The molecule has 0 radical (unpaired) electrons. The molecule has 1 fully saturated rings. The second-order valence-corrected chi connectivity index (χ2v) is 8.09. The van der Waals surface area contributed by atoms with Crippen LogP contribution in [-0.2, 0) is 16.0 Å². The number of fused-ring (bicyclic) bond motifs is 1. The van der Waals surface area contributed by atoms with Gasteiger partial charge in [0.1, 0.15) is 12.0 Å². The van der Waals surface area contributed by atoms with Gasteiger partial charge in [0, 0.05) is 19.4 Å². The fraction of sp³-hybridized carbons (Fsp3) is 0.409. The van der Waals surface area contributed by atoms with Gasteiger partial charge < -0.3 is 30.6 Å². The fourth-order valence-corrected chi connectivity index (χ4v) is 3.80.